The Hall–Kier alpha value is -1.60. The third kappa shape index (κ3) is 3.22. The van der Waals surface area contributed by atoms with Crippen molar-refractivity contribution in [3.63, 3.8) is 0 Å². The van der Waals surface area contributed by atoms with Gasteiger partial charge in [0.1, 0.15) is 0 Å². The van der Waals surface area contributed by atoms with Gasteiger partial charge in [-0.25, -0.2) is 17.9 Å². The number of hydrogen-bond donors (Lipinski definition) is 1. The number of aryl methyl sites for hydroxylation is 1. The summed E-state index contributed by atoms with van der Waals surface area (Å²) in [6, 6.07) is 5.03. The van der Waals surface area contributed by atoms with E-state index in [1.54, 1.807) is 29.8 Å². The molecule has 142 valence electrons. The van der Waals surface area contributed by atoms with Crippen molar-refractivity contribution < 1.29 is 8.42 Å². The normalized spacial score (nSPS) is 20.5. The number of aromatic nitrogens is 2. The Kier molecular flexibility index (Phi) is 4.27. The highest BCUT2D eigenvalue weighted by molar-refractivity contribution is 7.89. The average molecular weight is 378 g/mol. The number of sulfonamides is 1. The van der Waals surface area contributed by atoms with Crippen LogP contribution < -0.4 is 10.4 Å². The average Bonchev–Trinajstić information content (AvgIpc) is 3.29. The molecular weight excluding hydrogens is 350 g/mol. The lowest BCUT2D eigenvalue weighted by Crippen LogP contribution is -2.34. The minimum Gasteiger partial charge on any atom is -0.295 e. The molecule has 0 radical (unpaired) electrons. The van der Waals surface area contributed by atoms with Crippen molar-refractivity contribution >= 4 is 21.1 Å². The zero-order valence-corrected chi connectivity index (χ0v) is 16.3. The quantitative estimate of drug-likeness (QED) is 0.871. The van der Waals surface area contributed by atoms with Gasteiger partial charge in [-0.05, 0) is 56.7 Å². The second-order valence-electron chi connectivity index (χ2n) is 8.27. The number of rotatable bonds is 5. The predicted octanol–water partition coefficient (Wildman–Crippen LogP) is 2.75. The van der Waals surface area contributed by atoms with E-state index in [0.29, 0.717) is 11.4 Å². The Morgan fingerprint density at radius 1 is 1.15 bits per heavy atom. The zero-order valence-electron chi connectivity index (χ0n) is 15.5. The van der Waals surface area contributed by atoms with E-state index in [0.717, 1.165) is 37.7 Å². The van der Waals surface area contributed by atoms with Crippen LogP contribution in [0, 0.1) is 5.92 Å². The molecule has 0 unspecified atom stereocenters. The van der Waals surface area contributed by atoms with Crippen LogP contribution in [0.5, 0.6) is 0 Å². The van der Waals surface area contributed by atoms with Gasteiger partial charge in [-0.2, -0.15) is 0 Å². The van der Waals surface area contributed by atoms with Crippen molar-refractivity contribution in [2.45, 2.75) is 68.8 Å². The van der Waals surface area contributed by atoms with Crippen LogP contribution in [0.2, 0.25) is 0 Å². The fourth-order valence-corrected chi connectivity index (χ4v) is 5.52. The SMILES string of the molecule is Cn1c(=O)n(CC2CCCCC2)c2ccc(S(=O)(=O)NC3(C)CC3)cc21. The zero-order chi connectivity index (χ0) is 18.5. The lowest BCUT2D eigenvalue weighted by molar-refractivity contribution is 0.318. The molecule has 2 fully saturated rings. The van der Waals surface area contributed by atoms with Crippen molar-refractivity contribution in [3.8, 4) is 0 Å². The Bertz CT molecular complexity index is 993. The largest absolute Gasteiger partial charge is 0.328 e. The highest BCUT2D eigenvalue weighted by Gasteiger charge is 2.41. The maximum atomic E-state index is 12.7. The van der Waals surface area contributed by atoms with Crippen molar-refractivity contribution in [3.05, 3.63) is 28.7 Å². The van der Waals surface area contributed by atoms with E-state index in [1.807, 2.05) is 11.5 Å². The summed E-state index contributed by atoms with van der Waals surface area (Å²) in [6.45, 7) is 2.64. The van der Waals surface area contributed by atoms with Crippen molar-refractivity contribution in [1.82, 2.24) is 13.9 Å². The molecule has 2 aromatic rings. The number of fused-ring (bicyclic) bond motifs is 1. The number of benzene rings is 1. The third-order valence-corrected chi connectivity index (χ3v) is 7.61. The van der Waals surface area contributed by atoms with E-state index in [-0.39, 0.29) is 16.1 Å². The standard InChI is InChI=1S/C19H27N3O3S/c1-19(10-11-19)20-26(24,25)15-8-9-16-17(12-15)21(2)18(23)22(16)13-14-6-4-3-5-7-14/h8-9,12,14,20H,3-7,10-11,13H2,1-2H3. The molecule has 1 N–H and O–H groups in total. The van der Waals surface area contributed by atoms with Gasteiger partial charge in [0.25, 0.3) is 0 Å². The maximum Gasteiger partial charge on any atom is 0.328 e. The molecule has 0 saturated heterocycles. The summed E-state index contributed by atoms with van der Waals surface area (Å²) in [5, 5.41) is 0. The van der Waals surface area contributed by atoms with Crippen LogP contribution in [-0.2, 0) is 23.6 Å². The molecule has 1 aromatic heterocycles. The molecule has 0 bridgehead atoms. The second-order valence-corrected chi connectivity index (χ2v) is 9.96. The number of imidazole rings is 1. The van der Waals surface area contributed by atoms with Crippen LogP contribution in [0.25, 0.3) is 11.0 Å². The van der Waals surface area contributed by atoms with Gasteiger partial charge in [-0.15, -0.1) is 0 Å². The molecule has 0 atom stereocenters. The summed E-state index contributed by atoms with van der Waals surface area (Å²) >= 11 is 0. The molecular formula is C19H27N3O3S. The molecule has 1 aromatic carbocycles. The van der Waals surface area contributed by atoms with Crippen molar-refractivity contribution in [1.29, 1.82) is 0 Å². The number of nitrogens with zero attached hydrogens (tertiary/aromatic N) is 2. The van der Waals surface area contributed by atoms with Crippen molar-refractivity contribution in [2.24, 2.45) is 13.0 Å². The van der Waals surface area contributed by atoms with E-state index in [4.69, 9.17) is 0 Å². The van der Waals surface area contributed by atoms with Gasteiger partial charge in [0, 0.05) is 19.1 Å². The minimum absolute atomic E-state index is 0.0674. The topological polar surface area (TPSA) is 73.1 Å². The summed E-state index contributed by atoms with van der Waals surface area (Å²) in [5.74, 6) is 0.534. The second kappa shape index (κ2) is 6.23. The highest BCUT2D eigenvalue weighted by Crippen LogP contribution is 2.36. The molecule has 7 heteroatoms. The van der Waals surface area contributed by atoms with Gasteiger partial charge in [0.05, 0.1) is 15.9 Å². The monoisotopic (exact) mass is 377 g/mol. The first kappa shape index (κ1) is 17.8. The Morgan fingerprint density at radius 2 is 1.85 bits per heavy atom. The molecule has 0 amide bonds. The van der Waals surface area contributed by atoms with Gasteiger partial charge in [-0.3, -0.25) is 9.13 Å². The Labute approximate surface area is 154 Å². The summed E-state index contributed by atoms with van der Waals surface area (Å²) in [6.07, 6.45) is 7.81. The van der Waals surface area contributed by atoms with Gasteiger partial charge >= 0.3 is 5.69 Å². The van der Waals surface area contributed by atoms with Gasteiger partial charge in [0.2, 0.25) is 10.0 Å². The maximum absolute atomic E-state index is 12.7. The first-order valence-corrected chi connectivity index (χ1v) is 11.0. The minimum atomic E-state index is -3.57. The lowest BCUT2D eigenvalue weighted by Gasteiger charge is -2.21. The molecule has 26 heavy (non-hydrogen) atoms. The van der Waals surface area contributed by atoms with Crippen LogP contribution in [0.1, 0.15) is 51.9 Å². The molecule has 2 aliphatic carbocycles. The van der Waals surface area contributed by atoms with Crippen LogP contribution in [-0.4, -0.2) is 23.1 Å². The van der Waals surface area contributed by atoms with E-state index < -0.39 is 10.0 Å². The Morgan fingerprint density at radius 3 is 2.50 bits per heavy atom. The number of hydrogen-bond acceptors (Lipinski definition) is 3. The first-order chi connectivity index (χ1) is 12.3. The fourth-order valence-electron chi connectivity index (χ4n) is 4.03. The van der Waals surface area contributed by atoms with Crippen LogP contribution in [0.4, 0.5) is 0 Å². The predicted molar refractivity (Wildman–Crippen MR) is 102 cm³/mol. The molecule has 1 heterocycles. The molecule has 2 aliphatic rings. The van der Waals surface area contributed by atoms with E-state index in [9.17, 15) is 13.2 Å². The molecule has 0 spiro atoms. The first-order valence-electron chi connectivity index (χ1n) is 9.52. The van der Waals surface area contributed by atoms with Gasteiger partial charge < -0.3 is 0 Å². The summed E-state index contributed by atoms with van der Waals surface area (Å²) in [7, 11) is -1.85. The Balaban J connectivity index is 1.70. The summed E-state index contributed by atoms with van der Waals surface area (Å²) in [4.78, 5) is 12.9. The molecule has 0 aliphatic heterocycles. The van der Waals surface area contributed by atoms with Crippen LogP contribution in [0.15, 0.2) is 27.9 Å². The third-order valence-electron chi connectivity index (χ3n) is 5.97. The lowest BCUT2D eigenvalue weighted by atomic mass is 9.89. The van der Waals surface area contributed by atoms with Crippen LogP contribution in [0.3, 0.4) is 0 Å². The summed E-state index contributed by atoms with van der Waals surface area (Å²) < 4.78 is 31.4. The highest BCUT2D eigenvalue weighted by atomic mass is 32.2. The smallest absolute Gasteiger partial charge is 0.295 e. The van der Waals surface area contributed by atoms with E-state index >= 15 is 0 Å². The van der Waals surface area contributed by atoms with Gasteiger partial charge in [-0.1, -0.05) is 19.3 Å². The fraction of sp³-hybridized carbons (Fsp3) is 0.632. The summed E-state index contributed by atoms with van der Waals surface area (Å²) in [5.41, 5.74) is 1.11. The van der Waals surface area contributed by atoms with Crippen molar-refractivity contribution in [2.75, 3.05) is 0 Å². The molecule has 6 nitrogen and oxygen atoms in total. The molecule has 4 rings (SSSR count). The van der Waals surface area contributed by atoms with E-state index in [1.165, 1.54) is 19.3 Å². The van der Waals surface area contributed by atoms with Crippen LogP contribution >= 0.6 is 0 Å². The number of nitrogens with one attached hydrogen (secondary N) is 1. The van der Waals surface area contributed by atoms with E-state index in [2.05, 4.69) is 4.72 Å². The van der Waals surface area contributed by atoms with Gasteiger partial charge in [0.15, 0.2) is 0 Å². The molecule has 2 saturated carbocycles.